The average Bonchev–Trinajstić information content (AvgIpc) is 2.54. The molecule has 0 spiro atoms. The maximum absolute atomic E-state index is 12.6. The molecule has 0 bridgehead atoms. The van der Waals surface area contributed by atoms with Gasteiger partial charge in [0.2, 0.25) is 5.95 Å². The fourth-order valence-corrected chi connectivity index (χ4v) is 1.97. The predicted octanol–water partition coefficient (Wildman–Crippen LogP) is 2.92. The first-order chi connectivity index (χ1) is 11.8. The average molecular weight is 354 g/mol. The molecule has 1 aromatic carbocycles. The first-order valence-corrected chi connectivity index (χ1v) is 7.36. The van der Waals surface area contributed by atoms with Gasteiger partial charge in [0.25, 0.3) is 5.91 Å². The zero-order chi connectivity index (χ0) is 18.4. The number of alkyl halides is 3. The van der Waals surface area contributed by atoms with Crippen LogP contribution in [-0.4, -0.2) is 36.1 Å². The molecule has 1 heterocycles. The van der Waals surface area contributed by atoms with Gasteiger partial charge in [0.15, 0.2) is 0 Å². The zero-order valence-electron chi connectivity index (χ0n) is 13.6. The Morgan fingerprint density at radius 1 is 1.20 bits per heavy atom. The number of anilines is 2. The van der Waals surface area contributed by atoms with Crippen LogP contribution in [0.1, 0.15) is 21.7 Å². The van der Waals surface area contributed by atoms with E-state index < -0.39 is 17.6 Å². The third kappa shape index (κ3) is 5.42. The summed E-state index contributed by atoms with van der Waals surface area (Å²) in [6.07, 6.45) is -4.40. The molecule has 0 aliphatic rings. The molecule has 134 valence electrons. The number of carbonyl (C=O) groups is 1. The molecule has 0 unspecified atom stereocenters. The van der Waals surface area contributed by atoms with Crippen molar-refractivity contribution in [3.63, 3.8) is 0 Å². The van der Waals surface area contributed by atoms with Gasteiger partial charge in [0.05, 0.1) is 12.2 Å². The molecular formula is C16H17F3N4O2. The van der Waals surface area contributed by atoms with E-state index in [2.05, 4.69) is 20.6 Å². The van der Waals surface area contributed by atoms with Gasteiger partial charge in [-0.15, -0.1) is 0 Å². The lowest BCUT2D eigenvalue weighted by molar-refractivity contribution is -0.137. The van der Waals surface area contributed by atoms with Crippen molar-refractivity contribution in [2.75, 3.05) is 25.6 Å². The first-order valence-electron chi connectivity index (χ1n) is 7.36. The minimum absolute atomic E-state index is 0.122. The van der Waals surface area contributed by atoms with Crippen LogP contribution in [0.15, 0.2) is 30.3 Å². The van der Waals surface area contributed by atoms with Crippen molar-refractivity contribution in [3.8, 4) is 0 Å². The first kappa shape index (κ1) is 18.7. The van der Waals surface area contributed by atoms with E-state index in [0.717, 1.165) is 12.1 Å². The maximum Gasteiger partial charge on any atom is 0.416 e. The summed E-state index contributed by atoms with van der Waals surface area (Å²) in [7, 11) is 1.52. The number of hydrogen-bond acceptors (Lipinski definition) is 5. The number of aromatic nitrogens is 2. The van der Waals surface area contributed by atoms with E-state index in [4.69, 9.17) is 4.74 Å². The molecule has 0 saturated heterocycles. The molecule has 25 heavy (non-hydrogen) atoms. The summed E-state index contributed by atoms with van der Waals surface area (Å²) in [5, 5.41) is 5.43. The number of amides is 1. The third-order valence-corrected chi connectivity index (χ3v) is 3.15. The minimum Gasteiger partial charge on any atom is -0.383 e. The largest absolute Gasteiger partial charge is 0.416 e. The van der Waals surface area contributed by atoms with Gasteiger partial charge in [0.1, 0.15) is 5.69 Å². The summed E-state index contributed by atoms with van der Waals surface area (Å²) < 4.78 is 42.6. The Morgan fingerprint density at radius 3 is 2.48 bits per heavy atom. The number of hydrogen-bond donors (Lipinski definition) is 2. The van der Waals surface area contributed by atoms with Gasteiger partial charge in [-0.05, 0) is 37.3 Å². The van der Waals surface area contributed by atoms with Crippen LogP contribution in [0.4, 0.5) is 24.8 Å². The van der Waals surface area contributed by atoms with E-state index in [-0.39, 0.29) is 11.6 Å². The van der Waals surface area contributed by atoms with Crippen molar-refractivity contribution in [1.82, 2.24) is 15.3 Å². The number of benzene rings is 1. The van der Waals surface area contributed by atoms with Crippen LogP contribution >= 0.6 is 0 Å². The quantitative estimate of drug-likeness (QED) is 0.780. The third-order valence-electron chi connectivity index (χ3n) is 3.15. The second kappa shape index (κ2) is 7.93. The van der Waals surface area contributed by atoms with E-state index in [1.165, 1.54) is 25.3 Å². The van der Waals surface area contributed by atoms with Crippen molar-refractivity contribution < 1.29 is 22.7 Å². The Hall–Kier alpha value is -2.68. The van der Waals surface area contributed by atoms with Crippen LogP contribution < -0.4 is 10.6 Å². The van der Waals surface area contributed by atoms with Crippen molar-refractivity contribution in [1.29, 1.82) is 0 Å². The molecule has 0 atom stereocenters. The van der Waals surface area contributed by atoms with Gasteiger partial charge in [-0.25, -0.2) is 9.97 Å². The van der Waals surface area contributed by atoms with Gasteiger partial charge < -0.3 is 15.4 Å². The minimum atomic E-state index is -4.40. The van der Waals surface area contributed by atoms with Crippen LogP contribution in [0.5, 0.6) is 0 Å². The number of halogens is 3. The van der Waals surface area contributed by atoms with Gasteiger partial charge in [-0.2, -0.15) is 13.2 Å². The number of aryl methyl sites for hydroxylation is 1. The smallest absolute Gasteiger partial charge is 0.383 e. The SMILES string of the molecule is COCCNC(=O)c1cc(C)nc(Nc2ccc(C(F)(F)F)cc2)n1. The van der Waals surface area contributed by atoms with E-state index in [1.54, 1.807) is 6.92 Å². The number of nitrogens with zero attached hydrogens (tertiary/aromatic N) is 2. The molecule has 1 aromatic heterocycles. The van der Waals surface area contributed by atoms with Crippen molar-refractivity contribution in [3.05, 3.63) is 47.3 Å². The Kier molecular flexibility index (Phi) is 5.92. The molecule has 0 saturated carbocycles. The summed E-state index contributed by atoms with van der Waals surface area (Å²) in [6, 6.07) is 5.97. The number of ether oxygens (including phenoxy) is 1. The number of nitrogens with one attached hydrogen (secondary N) is 2. The lowest BCUT2D eigenvalue weighted by atomic mass is 10.2. The molecular weight excluding hydrogens is 337 g/mol. The summed E-state index contributed by atoms with van der Waals surface area (Å²) in [5.74, 6) is -0.269. The number of carbonyl (C=O) groups excluding carboxylic acids is 1. The fraction of sp³-hybridized carbons (Fsp3) is 0.312. The van der Waals surface area contributed by atoms with Crippen LogP contribution in [0.2, 0.25) is 0 Å². The topological polar surface area (TPSA) is 76.1 Å². The van der Waals surface area contributed by atoms with Gasteiger partial charge in [-0.1, -0.05) is 0 Å². The van der Waals surface area contributed by atoms with E-state index in [0.29, 0.717) is 24.5 Å². The van der Waals surface area contributed by atoms with Crippen molar-refractivity contribution in [2.45, 2.75) is 13.1 Å². The van der Waals surface area contributed by atoms with Crippen LogP contribution in [0.3, 0.4) is 0 Å². The maximum atomic E-state index is 12.6. The number of rotatable bonds is 6. The van der Waals surface area contributed by atoms with Crippen LogP contribution in [-0.2, 0) is 10.9 Å². The highest BCUT2D eigenvalue weighted by atomic mass is 19.4. The molecule has 6 nitrogen and oxygen atoms in total. The molecule has 9 heteroatoms. The molecule has 0 aliphatic carbocycles. The second-order valence-electron chi connectivity index (χ2n) is 5.17. The molecule has 1 amide bonds. The summed E-state index contributed by atoms with van der Waals surface area (Å²) in [5.41, 5.74) is 0.324. The monoisotopic (exact) mass is 354 g/mol. The Labute approximate surface area is 142 Å². The predicted molar refractivity (Wildman–Crippen MR) is 85.7 cm³/mol. The highest BCUT2D eigenvalue weighted by molar-refractivity contribution is 5.92. The molecule has 0 aliphatic heterocycles. The van der Waals surface area contributed by atoms with E-state index in [9.17, 15) is 18.0 Å². The van der Waals surface area contributed by atoms with Gasteiger partial charge in [-0.3, -0.25) is 4.79 Å². The summed E-state index contributed by atoms with van der Waals surface area (Å²) in [6.45, 7) is 2.39. The molecule has 2 aromatic rings. The van der Waals surface area contributed by atoms with Crippen molar-refractivity contribution >= 4 is 17.5 Å². The highest BCUT2D eigenvalue weighted by Crippen LogP contribution is 2.30. The summed E-state index contributed by atoms with van der Waals surface area (Å²) in [4.78, 5) is 20.2. The van der Waals surface area contributed by atoms with Crippen LogP contribution in [0.25, 0.3) is 0 Å². The molecule has 0 fully saturated rings. The Morgan fingerprint density at radius 2 is 1.88 bits per heavy atom. The second-order valence-corrected chi connectivity index (χ2v) is 5.17. The number of methoxy groups -OCH3 is 1. The standard InChI is InChI=1S/C16H17F3N4O2/c1-10-9-13(14(24)20-7-8-25-2)23-15(21-10)22-12-5-3-11(4-6-12)16(17,18)19/h3-6,9H,7-8H2,1-2H3,(H,20,24)(H,21,22,23). The molecule has 0 radical (unpaired) electrons. The van der Waals surface area contributed by atoms with Gasteiger partial charge >= 0.3 is 6.18 Å². The molecule has 2 rings (SSSR count). The van der Waals surface area contributed by atoms with E-state index >= 15 is 0 Å². The summed E-state index contributed by atoms with van der Waals surface area (Å²) >= 11 is 0. The van der Waals surface area contributed by atoms with Gasteiger partial charge in [0, 0.05) is 25.0 Å². The lowest BCUT2D eigenvalue weighted by Crippen LogP contribution is -2.28. The zero-order valence-corrected chi connectivity index (χ0v) is 13.6. The van der Waals surface area contributed by atoms with Crippen LogP contribution in [0, 0.1) is 6.92 Å². The Balaban J connectivity index is 2.13. The van der Waals surface area contributed by atoms with Crippen molar-refractivity contribution in [2.24, 2.45) is 0 Å². The lowest BCUT2D eigenvalue weighted by Gasteiger charge is -2.10. The Bertz CT molecular complexity index is 733. The van der Waals surface area contributed by atoms with E-state index in [1.807, 2.05) is 0 Å². The molecule has 2 N–H and O–H groups in total. The normalized spacial score (nSPS) is 11.2. The fourth-order valence-electron chi connectivity index (χ4n) is 1.97. The highest BCUT2D eigenvalue weighted by Gasteiger charge is 2.29.